The van der Waals surface area contributed by atoms with Crippen LogP contribution in [0.5, 0.6) is 0 Å². The third kappa shape index (κ3) is 3.57. The fourth-order valence-electron chi connectivity index (χ4n) is 1.81. The van der Waals surface area contributed by atoms with Crippen molar-refractivity contribution in [3.8, 4) is 0 Å². The third-order valence-corrected chi connectivity index (χ3v) is 2.89. The van der Waals surface area contributed by atoms with Gasteiger partial charge in [-0.25, -0.2) is 4.79 Å². The summed E-state index contributed by atoms with van der Waals surface area (Å²) in [5, 5.41) is 6.76. The molecule has 0 radical (unpaired) electrons. The first kappa shape index (κ1) is 14.0. The Morgan fingerprint density at radius 1 is 1.50 bits per heavy atom. The number of amides is 2. The second-order valence-corrected chi connectivity index (χ2v) is 4.71. The van der Waals surface area contributed by atoms with E-state index < -0.39 is 0 Å². The predicted octanol–water partition coefficient (Wildman–Crippen LogP) is 2.28. The highest BCUT2D eigenvalue weighted by Gasteiger charge is 2.15. The largest absolute Gasteiger partial charge is 0.361 e. The summed E-state index contributed by atoms with van der Waals surface area (Å²) in [6, 6.07) is 7.11. The van der Waals surface area contributed by atoms with Gasteiger partial charge in [-0.2, -0.15) is 0 Å². The van der Waals surface area contributed by atoms with Crippen LogP contribution in [0.15, 0.2) is 35.0 Å². The molecule has 0 fully saturated rings. The Balaban J connectivity index is 1.91. The van der Waals surface area contributed by atoms with Gasteiger partial charge in [-0.3, -0.25) is 4.98 Å². The number of pyridine rings is 1. The summed E-state index contributed by atoms with van der Waals surface area (Å²) in [4.78, 5) is 17.8. The molecule has 0 spiro atoms. The number of aryl methyl sites for hydroxylation is 1. The van der Waals surface area contributed by atoms with Crippen LogP contribution < -0.4 is 5.32 Å². The molecular formula is C14H18N4O2. The molecule has 0 bridgehead atoms. The minimum Gasteiger partial charge on any atom is -0.361 e. The van der Waals surface area contributed by atoms with Gasteiger partial charge in [0.25, 0.3) is 0 Å². The van der Waals surface area contributed by atoms with Crippen molar-refractivity contribution in [1.82, 2.24) is 20.4 Å². The van der Waals surface area contributed by atoms with E-state index in [1.165, 1.54) is 0 Å². The summed E-state index contributed by atoms with van der Waals surface area (Å²) in [5.74, 6) is 0.732. The second-order valence-electron chi connectivity index (χ2n) is 4.71. The number of aromatic nitrogens is 2. The first-order valence-electron chi connectivity index (χ1n) is 6.41. The zero-order valence-electron chi connectivity index (χ0n) is 11.8. The highest BCUT2D eigenvalue weighted by Crippen LogP contribution is 2.09. The van der Waals surface area contributed by atoms with Gasteiger partial charge < -0.3 is 14.7 Å². The van der Waals surface area contributed by atoms with Crippen molar-refractivity contribution in [2.45, 2.75) is 26.4 Å². The Labute approximate surface area is 117 Å². The number of hydrogen-bond acceptors (Lipinski definition) is 4. The minimum absolute atomic E-state index is 0.148. The molecule has 1 N–H and O–H groups in total. The second kappa shape index (κ2) is 6.18. The molecule has 0 unspecified atom stereocenters. The third-order valence-electron chi connectivity index (χ3n) is 2.89. The normalized spacial score (nSPS) is 11.9. The van der Waals surface area contributed by atoms with Gasteiger partial charge in [0.1, 0.15) is 11.5 Å². The van der Waals surface area contributed by atoms with E-state index >= 15 is 0 Å². The molecule has 0 saturated carbocycles. The maximum Gasteiger partial charge on any atom is 0.318 e. The Hall–Kier alpha value is -2.37. The topological polar surface area (TPSA) is 71.3 Å². The highest BCUT2D eigenvalue weighted by atomic mass is 16.5. The fraction of sp³-hybridized carbons (Fsp3) is 0.357. The summed E-state index contributed by atoms with van der Waals surface area (Å²) in [5.41, 5.74) is 1.55. The van der Waals surface area contributed by atoms with Gasteiger partial charge in [0.05, 0.1) is 18.3 Å². The average Bonchev–Trinajstić information content (AvgIpc) is 2.85. The summed E-state index contributed by atoms with van der Waals surface area (Å²) in [6.07, 6.45) is 1.71. The van der Waals surface area contributed by atoms with Crippen LogP contribution in [0.1, 0.15) is 30.1 Å². The number of nitrogens with zero attached hydrogens (tertiary/aromatic N) is 3. The zero-order chi connectivity index (χ0) is 14.5. The van der Waals surface area contributed by atoms with E-state index in [1.807, 2.05) is 38.1 Å². The highest BCUT2D eigenvalue weighted by molar-refractivity contribution is 5.74. The van der Waals surface area contributed by atoms with E-state index in [4.69, 9.17) is 4.52 Å². The Morgan fingerprint density at radius 3 is 2.90 bits per heavy atom. The molecule has 2 aromatic rings. The first-order chi connectivity index (χ1) is 9.56. The Morgan fingerprint density at radius 2 is 2.30 bits per heavy atom. The molecule has 20 heavy (non-hydrogen) atoms. The molecule has 6 heteroatoms. The quantitative estimate of drug-likeness (QED) is 0.928. The van der Waals surface area contributed by atoms with E-state index in [0.29, 0.717) is 6.54 Å². The molecular weight excluding hydrogens is 256 g/mol. The average molecular weight is 274 g/mol. The van der Waals surface area contributed by atoms with Crippen LogP contribution in [0.2, 0.25) is 0 Å². The van der Waals surface area contributed by atoms with Crippen molar-refractivity contribution in [1.29, 1.82) is 0 Å². The summed E-state index contributed by atoms with van der Waals surface area (Å²) < 4.78 is 4.98. The molecule has 2 amide bonds. The Bertz CT molecular complexity index is 568. The van der Waals surface area contributed by atoms with Crippen molar-refractivity contribution >= 4 is 6.03 Å². The van der Waals surface area contributed by atoms with E-state index in [-0.39, 0.29) is 12.1 Å². The lowest BCUT2D eigenvalue weighted by Crippen LogP contribution is -2.38. The van der Waals surface area contributed by atoms with Crippen molar-refractivity contribution in [2.75, 3.05) is 7.05 Å². The minimum atomic E-state index is -0.177. The van der Waals surface area contributed by atoms with Gasteiger partial charge >= 0.3 is 6.03 Å². The molecule has 2 rings (SSSR count). The van der Waals surface area contributed by atoms with E-state index in [9.17, 15) is 4.79 Å². The van der Waals surface area contributed by atoms with Crippen molar-refractivity contribution in [3.63, 3.8) is 0 Å². The van der Waals surface area contributed by atoms with E-state index in [0.717, 1.165) is 17.1 Å². The van der Waals surface area contributed by atoms with Crippen molar-refractivity contribution in [3.05, 3.63) is 47.6 Å². The number of carbonyl (C=O) groups is 1. The van der Waals surface area contributed by atoms with Gasteiger partial charge in [-0.1, -0.05) is 11.2 Å². The molecule has 0 aliphatic heterocycles. The molecule has 2 heterocycles. The van der Waals surface area contributed by atoms with Gasteiger partial charge in [0.2, 0.25) is 0 Å². The molecule has 2 aromatic heterocycles. The van der Waals surface area contributed by atoms with Crippen LogP contribution in [-0.2, 0) is 6.54 Å². The van der Waals surface area contributed by atoms with E-state index in [2.05, 4.69) is 15.5 Å². The van der Waals surface area contributed by atoms with E-state index in [1.54, 1.807) is 18.1 Å². The lowest BCUT2D eigenvalue weighted by molar-refractivity contribution is 0.202. The van der Waals surface area contributed by atoms with Gasteiger partial charge in [-0.05, 0) is 26.0 Å². The molecule has 0 saturated heterocycles. The molecule has 0 aliphatic carbocycles. The fourth-order valence-corrected chi connectivity index (χ4v) is 1.81. The maximum atomic E-state index is 12.1. The molecule has 6 nitrogen and oxygen atoms in total. The lowest BCUT2D eigenvalue weighted by atomic mass is 10.2. The number of urea groups is 1. The van der Waals surface area contributed by atoms with Crippen LogP contribution in [0.3, 0.4) is 0 Å². The van der Waals surface area contributed by atoms with Crippen LogP contribution >= 0.6 is 0 Å². The number of carbonyl (C=O) groups excluding carboxylic acids is 1. The number of nitrogens with one attached hydrogen (secondary N) is 1. The smallest absolute Gasteiger partial charge is 0.318 e. The first-order valence-corrected chi connectivity index (χ1v) is 6.41. The molecule has 0 aliphatic rings. The monoisotopic (exact) mass is 274 g/mol. The Kier molecular flexibility index (Phi) is 4.34. The number of hydrogen-bond donors (Lipinski definition) is 1. The van der Waals surface area contributed by atoms with Crippen LogP contribution in [-0.4, -0.2) is 28.1 Å². The van der Waals surface area contributed by atoms with Gasteiger partial charge in [0, 0.05) is 19.3 Å². The van der Waals surface area contributed by atoms with Gasteiger partial charge in [0.15, 0.2) is 0 Å². The molecule has 1 atom stereocenters. The van der Waals surface area contributed by atoms with Crippen molar-refractivity contribution in [2.24, 2.45) is 0 Å². The molecule has 106 valence electrons. The van der Waals surface area contributed by atoms with Crippen LogP contribution in [0, 0.1) is 6.92 Å². The van der Waals surface area contributed by atoms with Gasteiger partial charge in [-0.15, -0.1) is 0 Å². The molecule has 0 aromatic carbocycles. The number of rotatable bonds is 4. The summed E-state index contributed by atoms with van der Waals surface area (Å²) >= 11 is 0. The predicted molar refractivity (Wildman–Crippen MR) is 73.9 cm³/mol. The van der Waals surface area contributed by atoms with Crippen LogP contribution in [0.4, 0.5) is 4.79 Å². The summed E-state index contributed by atoms with van der Waals surface area (Å²) in [6.45, 7) is 4.12. The lowest BCUT2D eigenvalue weighted by Gasteiger charge is -2.20. The SMILES string of the molecule is Cc1cc(CN(C)C(=O)N[C@@H](C)c2ccccn2)no1. The standard InChI is InChI=1S/C14H18N4O2/c1-10-8-12(17-20-10)9-18(3)14(19)16-11(2)13-6-4-5-7-15-13/h4-8,11H,9H2,1-3H3,(H,16,19)/t11-/m0/s1. The summed E-state index contributed by atoms with van der Waals surface area (Å²) in [7, 11) is 1.71. The van der Waals surface area contributed by atoms with Crippen molar-refractivity contribution < 1.29 is 9.32 Å². The van der Waals surface area contributed by atoms with Crippen LogP contribution in [0.25, 0.3) is 0 Å². The zero-order valence-corrected chi connectivity index (χ0v) is 11.8. The maximum absolute atomic E-state index is 12.1.